The lowest BCUT2D eigenvalue weighted by Crippen LogP contribution is -2.15. The fourth-order valence-electron chi connectivity index (χ4n) is 3.62. The van der Waals surface area contributed by atoms with E-state index in [1.807, 2.05) is 62.6 Å². The molecular weight excluding hydrogens is 424 g/mol. The predicted molar refractivity (Wildman–Crippen MR) is 129 cm³/mol. The van der Waals surface area contributed by atoms with Gasteiger partial charge in [0.25, 0.3) is 0 Å². The fraction of sp³-hybridized carbons (Fsp3) is 0.200. The number of rotatable bonds is 8. The van der Waals surface area contributed by atoms with Crippen molar-refractivity contribution in [3.63, 3.8) is 0 Å². The summed E-state index contributed by atoms with van der Waals surface area (Å²) < 4.78 is 29.7. The van der Waals surface area contributed by atoms with E-state index in [0.29, 0.717) is 16.3 Å². The van der Waals surface area contributed by atoms with Gasteiger partial charge in [-0.25, -0.2) is 8.42 Å². The second kappa shape index (κ2) is 9.30. The Morgan fingerprint density at radius 3 is 2.13 bits per heavy atom. The van der Waals surface area contributed by atoms with Crippen LogP contribution in [0.2, 0.25) is 0 Å². The van der Waals surface area contributed by atoms with Crippen molar-refractivity contribution < 1.29 is 8.42 Å². The van der Waals surface area contributed by atoms with Crippen molar-refractivity contribution in [2.45, 2.75) is 21.4 Å². The molecule has 0 aliphatic heterocycles. The molecule has 1 aromatic heterocycles. The SMILES string of the molecule is CN(C)CCSc1c(S(=O)(=O)c2ccccc2)c2ccccc2n1Cc1ccccc1. The van der Waals surface area contributed by atoms with Crippen LogP contribution in [0.4, 0.5) is 0 Å². The summed E-state index contributed by atoms with van der Waals surface area (Å²) in [6, 6.07) is 26.7. The molecular formula is C25H26N2O2S2. The summed E-state index contributed by atoms with van der Waals surface area (Å²) in [5, 5.41) is 1.57. The lowest BCUT2D eigenvalue weighted by molar-refractivity contribution is 0.437. The quantitative estimate of drug-likeness (QED) is 0.347. The van der Waals surface area contributed by atoms with E-state index in [2.05, 4.69) is 21.6 Å². The van der Waals surface area contributed by atoms with Crippen molar-refractivity contribution in [2.75, 3.05) is 26.4 Å². The molecule has 0 saturated heterocycles. The summed E-state index contributed by atoms with van der Waals surface area (Å²) in [6.45, 7) is 1.48. The molecule has 4 nitrogen and oxygen atoms in total. The Hall–Kier alpha value is -2.54. The summed E-state index contributed by atoms with van der Waals surface area (Å²) >= 11 is 1.61. The average Bonchev–Trinajstić information content (AvgIpc) is 3.09. The van der Waals surface area contributed by atoms with Crippen molar-refractivity contribution in [3.8, 4) is 0 Å². The summed E-state index contributed by atoms with van der Waals surface area (Å²) in [4.78, 5) is 2.85. The number of nitrogens with zero attached hydrogens (tertiary/aromatic N) is 2. The molecule has 0 bridgehead atoms. The first-order valence-corrected chi connectivity index (χ1v) is 12.7. The topological polar surface area (TPSA) is 42.3 Å². The zero-order valence-electron chi connectivity index (χ0n) is 17.7. The van der Waals surface area contributed by atoms with E-state index < -0.39 is 9.84 Å². The first-order valence-electron chi connectivity index (χ1n) is 10.2. The molecule has 0 fully saturated rings. The number of para-hydroxylation sites is 1. The zero-order chi connectivity index (χ0) is 21.8. The highest BCUT2D eigenvalue weighted by molar-refractivity contribution is 8.00. The van der Waals surface area contributed by atoms with Gasteiger partial charge in [-0.15, -0.1) is 11.8 Å². The highest BCUT2D eigenvalue weighted by Gasteiger charge is 2.29. The lowest BCUT2D eigenvalue weighted by atomic mass is 10.2. The van der Waals surface area contributed by atoms with Crippen LogP contribution < -0.4 is 0 Å². The standard InChI is InChI=1S/C25H26N2O2S2/c1-26(2)17-18-30-25-24(31(28,29)21-13-7-4-8-14-21)22-15-9-10-16-23(22)27(25)19-20-11-5-3-6-12-20/h3-16H,17-19H2,1-2H3. The van der Waals surface area contributed by atoms with Crippen LogP contribution in [-0.2, 0) is 16.4 Å². The average molecular weight is 451 g/mol. The number of benzene rings is 3. The van der Waals surface area contributed by atoms with Crippen LogP contribution in [-0.4, -0.2) is 44.3 Å². The molecule has 6 heteroatoms. The third-order valence-corrected chi connectivity index (χ3v) is 8.22. The predicted octanol–water partition coefficient (Wildman–Crippen LogP) is 5.18. The number of sulfone groups is 1. The zero-order valence-corrected chi connectivity index (χ0v) is 19.4. The van der Waals surface area contributed by atoms with Gasteiger partial charge in [-0.3, -0.25) is 0 Å². The molecule has 1 heterocycles. The molecule has 0 aliphatic carbocycles. The maximum atomic E-state index is 13.8. The normalized spacial score (nSPS) is 12.0. The third kappa shape index (κ3) is 4.56. The summed E-state index contributed by atoms with van der Waals surface area (Å²) in [6.07, 6.45) is 0. The van der Waals surface area contributed by atoms with Crippen LogP contribution in [0.3, 0.4) is 0 Å². The first kappa shape index (κ1) is 21.7. The Morgan fingerprint density at radius 1 is 0.839 bits per heavy atom. The molecule has 0 atom stereocenters. The summed E-state index contributed by atoms with van der Waals surface area (Å²) in [5.74, 6) is 0.801. The van der Waals surface area contributed by atoms with Crippen molar-refractivity contribution in [1.29, 1.82) is 0 Å². The molecule has 0 saturated carbocycles. The smallest absolute Gasteiger partial charge is 0.209 e. The van der Waals surface area contributed by atoms with Crippen LogP contribution in [0.15, 0.2) is 99.7 Å². The molecule has 0 spiro atoms. The molecule has 0 aliphatic rings. The monoisotopic (exact) mass is 450 g/mol. The second-order valence-corrected chi connectivity index (χ2v) is 10.7. The van der Waals surface area contributed by atoms with Gasteiger partial charge in [0.2, 0.25) is 9.84 Å². The first-order chi connectivity index (χ1) is 15.0. The number of fused-ring (bicyclic) bond motifs is 1. The van der Waals surface area contributed by atoms with Crippen LogP contribution in [0, 0.1) is 0 Å². The Bertz CT molecular complexity index is 1270. The maximum Gasteiger partial charge on any atom is 0.209 e. The van der Waals surface area contributed by atoms with Gasteiger partial charge in [0, 0.05) is 24.2 Å². The molecule has 0 radical (unpaired) electrons. The molecule has 0 amide bonds. The van der Waals surface area contributed by atoms with Gasteiger partial charge in [-0.2, -0.15) is 0 Å². The maximum absolute atomic E-state index is 13.8. The Labute approximate surface area is 188 Å². The van der Waals surface area contributed by atoms with Gasteiger partial charge in [0.1, 0.15) is 4.90 Å². The Morgan fingerprint density at radius 2 is 1.45 bits per heavy atom. The largest absolute Gasteiger partial charge is 0.330 e. The molecule has 3 aromatic carbocycles. The van der Waals surface area contributed by atoms with Crippen molar-refractivity contribution in [3.05, 3.63) is 90.5 Å². The van der Waals surface area contributed by atoms with E-state index in [1.165, 1.54) is 0 Å². The lowest BCUT2D eigenvalue weighted by Gasteiger charge is -2.14. The number of thioether (sulfide) groups is 1. The highest BCUT2D eigenvalue weighted by Crippen LogP contribution is 2.39. The number of hydrogen-bond acceptors (Lipinski definition) is 4. The van der Waals surface area contributed by atoms with Crippen LogP contribution in [0.5, 0.6) is 0 Å². The molecule has 31 heavy (non-hydrogen) atoms. The number of hydrogen-bond donors (Lipinski definition) is 0. The van der Waals surface area contributed by atoms with Crippen LogP contribution >= 0.6 is 11.8 Å². The molecule has 0 N–H and O–H groups in total. The van der Waals surface area contributed by atoms with E-state index >= 15 is 0 Å². The Balaban J connectivity index is 1.93. The van der Waals surface area contributed by atoms with Crippen molar-refractivity contribution in [2.24, 2.45) is 0 Å². The van der Waals surface area contributed by atoms with Gasteiger partial charge < -0.3 is 9.47 Å². The molecule has 4 rings (SSSR count). The van der Waals surface area contributed by atoms with Gasteiger partial charge in [-0.1, -0.05) is 66.7 Å². The van der Waals surface area contributed by atoms with E-state index in [0.717, 1.165) is 33.8 Å². The van der Waals surface area contributed by atoms with Crippen molar-refractivity contribution >= 4 is 32.5 Å². The Kier molecular flexibility index (Phi) is 6.51. The van der Waals surface area contributed by atoms with Crippen LogP contribution in [0.25, 0.3) is 10.9 Å². The van der Waals surface area contributed by atoms with E-state index in [-0.39, 0.29) is 0 Å². The van der Waals surface area contributed by atoms with Gasteiger partial charge in [0.05, 0.1) is 15.4 Å². The molecule has 0 unspecified atom stereocenters. The van der Waals surface area contributed by atoms with E-state index in [9.17, 15) is 8.42 Å². The van der Waals surface area contributed by atoms with E-state index in [4.69, 9.17) is 0 Å². The minimum absolute atomic E-state index is 0.326. The van der Waals surface area contributed by atoms with Gasteiger partial charge >= 0.3 is 0 Å². The van der Waals surface area contributed by atoms with Crippen molar-refractivity contribution in [1.82, 2.24) is 9.47 Å². The van der Waals surface area contributed by atoms with Gasteiger partial charge in [-0.05, 0) is 37.9 Å². The van der Waals surface area contributed by atoms with Gasteiger partial charge in [0.15, 0.2) is 0 Å². The molecule has 160 valence electrons. The molecule has 4 aromatic rings. The minimum atomic E-state index is -3.67. The van der Waals surface area contributed by atoms with Crippen LogP contribution in [0.1, 0.15) is 5.56 Å². The fourth-order valence-corrected chi connectivity index (χ4v) is 6.89. The van der Waals surface area contributed by atoms with E-state index in [1.54, 1.807) is 36.0 Å². The third-order valence-electron chi connectivity index (χ3n) is 5.16. The summed E-state index contributed by atoms with van der Waals surface area (Å²) in [7, 11) is 0.385. The second-order valence-electron chi connectivity index (χ2n) is 7.69. The minimum Gasteiger partial charge on any atom is -0.330 e. The highest BCUT2D eigenvalue weighted by atomic mass is 32.2. The summed E-state index contributed by atoms with van der Waals surface area (Å²) in [5.41, 5.74) is 2.08. The number of aromatic nitrogens is 1.